The van der Waals surface area contributed by atoms with Crippen LogP contribution >= 0.6 is 0 Å². The number of nitrogens with one attached hydrogen (secondary N) is 1. The van der Waals surface area contributed by atoms with Crippen molar-refractivity contribution in [2.45, 2.75) is 48.4 Å². The average molecular weight is 617 g/mol. The zero-order valence-corrected chi connectivity index (χ0v) is 25.8. The molecule has 6 nitrogen and oxygen atoms in total. The van der Waals surface area contributed by atoms with E-state index in [0.717, 1.165) is 12.8 Å². The monoisotopic (exact) mass is 617 g/mol. The predicted molar refractivity (Wildman–Crippen MR) is 164 cm³/mol. The summed E-state index contributed by atoms with van der Waals surface area (Å²) in [4.78, 5) is 30.1. The van der Waals surface area contributed by atoms with E-state index in [9.17, 15) is 9.59 Å². The Morgan fingerprint density at radius 2 is 1.50 bits per heavy atom. The molecule has 1 amide bonds. The molecule has 1 aliphatic heterocycles. The van der Waals surface area contributed by atoms with Gasteiger partial charge in [0, 0.05) is 0 Å². The van der Waals surface area contributed by atoms with Gasteiger partial charge in [0.1, 0.15) is 0 Å². The average Bonchev–Trinajstić information content (AvgIpc) is 3.43. The number of hydrogen-bond donors (Lipinski definition) is 1. The van der Waals surface area contributed by atoms with Crippen LogP contribution in [0.25, 0.3) is 0 Å². The molecular weight excluding hydrogens is 581 g/mol. The molecule has 0 spiro atoms. The standard InChI is InChI=1S/C32H35N3O3SeSi/c1-32(2,3)40(26-15-9-5-10-16-26,27-17-11-6-12-18-27)38-23-25-19-20-29(39-25)35-22-21-28(34-31(35)37)33-30(36)24-13-7-4-8-14-24/h4-18,21-22,25,29H,19-20,23H2,1-3H3,(H,33,34,36,37)/t25-,29-/m0/s1. The molecule has 5 rings (SSSR count). The van der Waals surface area contributed by atoms with Gasteiger partial charge >= 0.3 is 244 Å². The van der Waals surface area contributed by atoms with Crippen LogP contribution in [0.5, 0.6) is 0 Å². The van der Waals surface area contributed by atoms with Crippen molar-refractivity contribution in [1.29, 1.82) is 0 Å². The molecule has 2 heterocycles. The van der Waals surface area contributed by atoms with Crippen LogP contribution < -0.4 is 21.4 Å². The van der Waals surface area contributed by atoms with Gasteiger partial charge in [-0.2, -0.15) is 0 Å². The van der Waals surface area contributed by atoms with E-state index in [4.69, 9.17) is 4.43 Å². The third-order valence-corrected chi connectivity index (χ3v) is 15.6. The van der Waals surface area contributed by atoms with Gasteiger partial charge in [-0.3, -0.25) is 0 Å². The van der Waals surface area contributed by atoms with Crippen LogP contribution in [-0.4, -0.2) is 45.3 Å². The molecule has 206 valence electrons. The van der Waals surface area contributed by atoms with Gasteiger partial charge in [0.15, 0.2) is 0 Å². The van der Waals surface area contributed by atoms with Gasteiger partial charge < -0.3 is 0 Å². The fourth-order valence-electron chi connectivity index (χ4n) is 5.47. The van der Waals surface area contributed by atoms with E-state index in [1.807, 2.05) is 6.07 Å². The minimum atomic E-state index is -2.59. The molecule has 2 atom stereocenters. The summed E-state index contributed by atoms with van der Waals surface area (Å²) in [5, 5.41) is 5.23. The molecule has 8 heteroatoms. The number of hydrogen-bond acceptors (Lipinski definition) is 4. The van der Waals surface area contributed by atoms with Gasteiger partial charge in [-0.05, 0) is 0 Å². The summed E-state index contributed by atoms with van der Waals surface area (Å²) in [7, 11) is -2.59. The van der Waals surface area contributed by atoms with Gasteiger partial charge in [0.05, 0.1) is 0 Å². The van der Waals surface area contributed by atoms with Crippen molar-refractivity contribution in [2.75, 3.05) is 11.9 Å². The molecule has 0 saturated carbocycles. The van der Waals surface area contributed by atoms with Crippen molar-refractivity contribution in [2.24, 2.45) is 0 Å². The number of carbonyl (C=O) groups is 1. The van der Waals surface area contributed by atoms with Gasteiger partial charge in [-0.1, -0.05) is 0 Å². The number of amides is 1. The second-order valence-electron chi connectivity index (χ2n) is 11.1. The Hall–Kier alpha value is -3.29. The fraction of sp³-hybridized carbons (Fsp3) is 0.281. The molecule has 0 unspecified atom stereocenters. The number of rotatable bonds is 8. The van der Waals surface area contributed by atoms with Crippen LogP contribution in [0.3, 0.4) is 0 Å². The Balaban J connectivity index is 1.31. The Kier molecular flexibility index (Phi) is 8.52. The minimum absolute atomic E-state index is 0.0679. The van der Waals surface area contributed by atoms with Crippen molar-refractivity contribution < 1.29 is 9.22 Å². The summed E-state index contributed by atoms with van der Waals surface area (Å²) in [6.45, 7) is 7.57. The first kappa shape index (κ1) is 28.2. The summed E-state index contributed by atoms with van der Waals surface area (Å²) in [5.74, 6) is -0.0111. The topological polar surface area (TPSA) is 73.2 Å². The zero-order chi connectivity index (χ0) is 28.2. The first-order valence-electron chi connectivity index (χ1n) is 13.6. The second kappa shape index (κ2) is 12.1. The first-order valence-corrected chi connectivity index (χ1v) is 17.5. The summed E-state index contributed by atoms with van der Waals surface area (Å²) < 4.78 is 8.91. The van der Waals surface area contributed by atoms with Crippen LogP contribution in [-0.2, 0) is 4.43 Å². The number of nitrogens with zero attached hydrogens (tertiary/aromatic N) is 2. The molecule has 3 aromatic carbocycles. The number of carbonyl (C=O) groups excluding carboxylic acids is 1. The van der Waals surface area contributed by atoms with Crippen LogP contribution in [0.1, 0.15) is 48.9 Å². The Bertz CT molecular complexity index is 1450. The predicted octanol–water partition coefficient (Wildman–Crippen LogP) is 4.86. The van der Waals surface area contributed by atoms with Gasteiger partial charge in [-0.25, -0.2) is 0 Å². The normalized spacial score (nSPS) is 17.5. The van der Waals surface area contributed by atoms with E-state index in [0.29, 0.717) is 17.0 Å². The summed E-state index contributed by atoms with van der Waals surface area (Å²) >= 11 is 0.172. The van der Waals surface area contributed by atoms with Crippen molar-refractivity contribution in [3.63, 3.8) is 0 Å². The van der Waals surface area contributed by atoms with Gasteiger partial charge in [0.2, 0.25) is 0 Å². The van der Waals surface area contributed by atoms with Crippen LogP contribution in [0.4, 0.5) is 5.82 Å². The van der Waals surface area contributed by atoms with Crippen molar-refractivity contribution in [3.8, 4) is 0 Å². The molecule has 0 bridgehead atoms. The molecule has 1 fully saturated rings. The molecule has 1 aromatic heterocycles. The molecule has 1 N–H and O–H groups in total. The van der Waals surface area contributed by atoms with Gasteiger partial charge in [-0.15, -0.1) is 0 Å². The first-order chi connectivity index (χ1) is 19.3. The molecule has 1 saturated heterocycles. The molecule has 0 aliphatic carbocycles. The summed E-state index contributed by atoms with van der Waals surface area (Å²) in [6.07, 6.45) is 3.71. The van der Waals surface area contributed by atoms with Crippen molar-refractivity contribution in [1.82, 2.24) is 9.55 Å². The fourth-order valence-corrected chi connectivity index (χ4v) is 13.3. The van der Waals surface area contributed by atoms with E-state index in [1.54, 1.807) is 41.1 Å². The Morgan fingerprint density at radius 1 is 0.925 bits per heavy atom. The molecular formula is C32H35N3O3SeSi. The van der Waals surface area contributed by atoms with E-state index >= 15 is 0 Å². The summed E-state index contributed by atoms with van der Waals surface area (Å²) in [6, 6.07) is 32.1. The molecule has 40 heavy (non-hydrogen) atoms. The van der Waals surface area contributed by atoms with Crippen LogP contribution in [0.2, 0.25) is 9.85 Å². The van der Waals surface area contributed by atoms with Gasteiger partial charge in [0.25, 0.3) is 0 Å². The number of benzene rings is 3. The Labute approximate surface area is 243 Å². The quantitative estimate of drug-likeness (QED) is 0.287. The van der Waals surface area contributed by atoms with Crippen LogP contribution in [0, 0.1) is 0 Å². The van der Waals surface area contributed by atoms with Crippen LogP contribution in [0.15, 0.2) is 108 Å². The van der Waals surface area contributed by atoms with E-state index in [-0.39, 0.29) is 42.4 Å². The summed E-state index contributed by atoms with van der Waals surface area (Å²) in [5.41, 5.74) is 0.197. The second-order valence-corrected chi connectivity index (χ2v) is 18.5. The molecule has 0 radical (unpaired) electrons. The maximum absolute atomic E-state index is 13.0. The van der Waals surface area contributed by atoms with Crippen molar-refractivity contribution in [3.05, 3.63) is 119 Å². The molecule has 4 aromatic rings. The zero-order valence-electron chi connectivity index (χ0n) is 23.1. The maximum atomic E-state index is 13.0. The van der Waals surface area contributed by atoms with E-state index < -0.39 is 8.32 Å². The SMILES string of the molecule is CC(C)(C)[Si](OC[C@@H]1CC[C@@H](n2ccc(NC(=O)c3ccccc3)nc2=O)[Se]1)(c1ccccc1)c1ccccc1. The molecule has 1 aliphatic rings. The van der Waals surface area contributed by atoms with Crippen molar-refractivity contribution >= 4 is 45.4 Å². The third kappa shape index (κ3) is 5.91. The van der Waals surface area contributed by atoms with E-state index in [2.05, 4.69) is 91.7 Å². The number of anilines is 1. The Morgan fingerprint density at radius 3 is 2.05 bits per heavy atom. The number of aromatic nitrogens is 2. The van der Waals surface area contributed by atoms with E-state index in [1.165, 1.54) is 10.4 Å². The third-order valence-electron chi connectivity index (χ3n) is 7.41.